The van der Waals surface area contributed by atoms with E-state index in [1.54, 1.807) is 73.8 Å². The Balaban J connectivity index is 1.57. The summed E-state index contributed by atoms with van der Waals surface area (Å²) in [5.41, 5.74) is 0.761. The molecule has 2 aliphatic rings. The summed E-state index contributed by atoms with van der Waals surface area (Å²) in [6.07, 6.45) is -1.47. The monoisotopic (exact) mass is 470 g/mol. The summed E-state index contributed by atoms with van der Waals surface area (Å²) in [4.78, 5) is 41.6. The number of carbonyl (C=O) groups is 3. The molecule has 10 nitrogen and oxygen atoms in total. The number of ether oxygens (including phenoxy) is 2. The first-order valence-electron chi connectivity index (χ1n) is 11.3. The number of esters is 1. The Bertz CT molecular complexity index is 1090. The Morgan fingerprint density at radius 2 is 1.82 bits per heavy atom. The molecule has 2 aliphatic heterocycles. The van der Waals surface area contributed by atoms with E-state index in [9.17, 15) is 19.5 Å². The van der Waals surface area contributed by atoms with Crippen LogP contribution >= 0.6 is 0 Å². The predicted molar refractivity (Wildman–Crippen MR) is 122 cm³/mol. The van der Waals surface area contributed by atoms with Crippen molar-refractivity contribution >= 4 is 23.7 Å². The number of anilines is 1. The zero-order chi connectivity index (χ0) is 24.8. The van der Waals surface area contributed by atoms with Crippen molar-refractivity contribution in [3.63, 3.8) is 0 Å². The van der Waals surface area contributed by atoms with Crippen LogP contribution in [0.5, 0.6) is 0 Å². The molecular formula is C24H30N4O6. The second kappa shape index (κ2) is 8.75. The van der Waals surface area contributed by atoms with Crippen molar-refractivity contribution in [2.75, 3.05) is 4.90 Å². The third-order valence-corrected chi connectivity index (χ3v) is 6.04. The van der Waals surface area contributed by atoms with Crippen LogP contribution in [0.1, 0.15) is 50.7 Å². The lowest BCUT2D eigenvalue weighted by Gasteiger charge is -2.36. The predicted octanol–water partition coefficient (Wildman–Crippen LogP) is 2.34. The third kappa shape index (κ3) is 4.37. The van der Waals surface area contributed by atoms with Gasteiger partial charge in [0.1, 0.15) is 11.7 Å². The first-order valence-corrected chi connectivity index (χ1v) is 11.3. The molecule has 1 aromatic heterocycles. The number of hydrogen-bond acceptors (Lipinski definition) is 7. The zero-order valence-electron chi connectivity index (χ0n) is 20.0. The molecule has 4 rings (SSSR count). The van der Waals surface area contributed by atoms with Crippen LogP contribution in [-0.4, -0.2) is 67.6 Å². The van der Waals surface area contributed by atoms with Crippen LogP contribution in [0.15, 0.2) is 36.5 Å². The summed E-state index contributed by atoms with van der Waals surface area (Å²) in [7, 11) is 0. The van der Waals surface area contributed by atoms with Gasteiger partial charge in [0.25, 0.3) is 5.91 Å². The van der Waals surface area contributed by atoms with Crippen LogP contribution in [0.25, 0.3) is 0 Å². The summed E-state index contributed by atoms with van der Waals surface area (Å²) in [6, 6.07) is 7.48. The van der Waals surface area contributed by atoms with E-state index >= 15 is 0 Å². The topological polar surface area (TPSA) is 114 Å². The van der Waals surface area contributed by atoms with E-state index in [-0.39, 0.29) is 12.6 Å². The van der Waals surface area contributed by atoms with Gasteiger partial charge in [-0.15, -0.1) is 0 Å². The highest BCUT2D eigenvalue weighted by molar-refractivity contribution is 6.03. The molecule has 1 fully saturated rings. The molecule has 3 heterocycles. The fourth-order valence-electron chi connectivity index (χ4n) is 4.26. The molecule has 1 saturated heterocycles. The summed E-state index contributed by atoms with van der Waals surface area (Å²) in [5.74, 6) is -1.23. The molecule has 34 heavy (non-hydrogen) atoms. The molecule has 0 radical (unpaired) electrons. The van der Waals surface area contributed by atoms with Gasteiger partial charge >= 0.3 is 12.1 Å². The molecular weight excluding hydrogens is 440 g/mol. The Kier molecular flexibility index (Phi) is 6.11. The van der Waals surface area contributed by atoms with Gasteiger partial charge in [-0.3, -0.25) is 14.4 Å². The highest BCUT2D eigenvalue weighted by atomic mass is 16.6. The molecule has 2 aromatic rings. The van der Waals surface area contributed by atoms with Gasteiger partial charge in [0.2, 0.25) is 6.10 Å². The van der Waals surface area contributed by atoms with Gasteiger partial charge < -0.3 is 19.5 Å². The van der Waals surface area contributed by atoms with E-state index in [0.717, 1.165) is 0 Å². The first kappa shape index (κ1) is 23.7. The molecule has 1 N–H and O–H groups in total. The SMILES string of the molecule is C[C@@H]1[C@@H](O)[C@H](OC(=O)c2ccccc2)C(=O)N1c1cnn2c1CN(C(=O)OC(C)(C)C)[C@@H](C)C2. The van der Waals surface area contributed by atoms with E-state index in [4.69, 9.17) is 9.47 Å². The maximum absolute atomic E-state index is 13.3. The van der Waals surface area contributed by atoms with Gasteiger partial charge in [0.05, 0.1) is 48.3 Å². The number of hydrogen-bond donors (Lipinski definition) is 1. The number of aromatic nitrogens is 2. The summed E-state index contributed by atoms with van der Waals surface area (Å²) < 4.78 is 12.7. The number of amides is 2. The van der Waals surface area contributed by atoms with Crippen molar-refractivity contribution < 1.29 is 29.0 Å². The maximum Gasteiger partial charge on any atom is 0.410 e. The molecule has 0 bridgehead atoms. The van der Waals surface area contributed by atoms with E-state index in [2.05, 4.69) is 5.10 Å². The van der Waals surface area contributed by atoms with Crippen LogP contribution in [0, 0.1) is 0 Å². The standard InChI is InChI=1S/C24H30N4O6/c1-14-12-27-18(13-26(14)23(32)34-24(3,4)5)17(11-25-27)28-15(2)19(29)20(21(28)30)33-22(31)16-9-7-6-8-10-16/h6-11,14-15,19-20,29H,12-13H2,1-5H3/t14-,15+,19+,20-/m0/s1. The van der Waals surface area contributed by atoms with E-state index < -0.39 is 41.8 Å². The Hall–Kier alpha value is -3.40. The Morgan fingerprint density at radius 3 is 2.47 bits per heavy atom. The Morgan fingerprint density at radius 1 is 1.15 bits per heavy atom. The summed E-state index contributed by atoms with van der Waals surface area (Å²) in [5, 5.41) is 15.2. The number of aliphatic hydroxyl groups excluding tert-OH is 1. The number of nitrogens with zero attached hydrogens (tertiary/aromatic N) is 4. The fraction of sp³-hybridized carbons (Fsp3) is 0.500. The highest BCUT2D eigenvalue weighted by Gasteiger charge is 2.50. The third-order valence-electron chi connectivity index (χ3n) is 6.04. The highest BCUT2D eigenvalue weighted by Crippen LogP contribution is 2.34. The van der Waals surface area contributed by atoms with Gasteiger partial charge in [-0.2, -0.15) is 5.10 Å². The lowest BCUT2D eigenvalue weighted by atomic mass is 10.1. The van der Waals surface area contributed by atoms with Crippen LogP contribution in [0.3, 0.4) is 0 Å². The average Bonchev–Trinajstić information content (AvgIpc) is 3.25. The smallest absolute Gasteiger partial charge is 0.410 e. The minimum Gasteiger partial charge on any atom is -0.446 e. The maximum atomic E-state index is 13.3. The largest absolute Gasteiger partial charge is 0.446 e. The molecule has 0 saturated carbocycles. The quantitative estimate of drug-likeness (QED) is 0.685. The molecule has 182 valence electrons. The van der Waals surface area contributed by atoms with Gasteiger partial charge in [-0.1, -0.05) is 18.2 Å². The van der Waals surface area contributed by atoms with Gasteiger partial charge in [0.15, 0.2) is 0 Å². The van der Waals surface area contributed by atoms with Crippen molar-refractivity contribution in [2.45, 2.75) is 77.6 Å². The van der Waals surface area contributed by atoms with E-state index in [1.165, 1.54) is 4.90 Å². The zero-order valence-corrected chi connectivity index (χ0v) is 20.0. The van der Waals surface area contributed by atoms with Crippen molar-refractivity contribution in [2.24, 2.45) is 0 Å². The lowest BCUT2D eigenvalue weighted by molar-refractivity contribution is -0.127. The van der Waals surface area contributed by atoms with Gasteiger partial charge in [-0.25, -0.2) is 9.59 Å². The number of benzene rings is 1. The number of aliphatic hydroxyl groups is 1. The average molecular weight is 471 g/mol. The summed E-state index contributed by atoms with van der Waals surface area (Å²) >= 11 is 0. The Labute approximate surface area is 198 Å². The van der Waals surface area contributed by atoms with Crippen molar-refractivity contribution in [3.05, 3.63) is 47.8 Å². The van der Waals surface area contributed by atoms with E-state index in [1.807, 2.05) is 6.92 Å². The lowest BCUT2D eigenvalue weighted by Crippen LogP contribution is -2.47. The van der Waals surface area contributed by atoms with Crippen molar-refractivity contribution in [3.8, 4) is 0 Å². The van der Waals surface area contributed by atoms with Crippen LogP contribution in [0.2, 0.25) is 0 Å². The van der Waals surface area contributed by atoms with Crippen molar-refractivity contribution in [1.29, 1.82) is 0 Å². The normalized spacial score (nSPS) is 24.7. The van der Waals surface area contributed by atoms with Crippen LogP contribution < -0.4 is 4.90 Å². The summed E-state index contributed by atoms with van der Waals surface area (Å²) in [6.45, 7) is 9.61. The molecule has 2 amide bonds. The minimum atomic E-state index is -1.34. The second-order valence-corrected chi connectivity index (χ2v) is 9.75. The first-order chi connectivity index (χ1) is 16.0. The number of carbonyl (C=O) groups excluding carboxylic acids is 3. The molecule has 10 heteroatoms. The van der Waals surface area contributed by atoms with Crippen molar-refractivity contribution in [1.82, 2.24) is 14.7 Å². The van der Waals surface area contributed by atoms with Gasteiger partial charge in [-0.05, 0) is 46.8 Å². The van der Waals surface area contributed by atoms with E-state index in [0.29, 0.717) is 23.5 Å². The second-order valence-electron chi connectivity index (χ2n) is 9.75. The minimum absolute atomic E-state index is 0.160. The van der Waals surface area contributed by atoms with Crippen LogP contribution in [-0.2, 0) is 27.4 Å². The fourth-order valence-corrected chi connectivity index (χ4v) is 4.26. The number of rotatable bonds is 3. The molecule has 0 unspecified atom stereocenters. The van der Waals surface area contributed by atoms with Gasteiger partial charge in [0, 0.05) is 0 Å². The number of fused-ring (bicyclic) bond motifs is 1. The molecule has 4 atom stereocenters. The molecule has 1 aromatic carbocycles. The molecule has 0 spiro atoms. The molecule has 0 aliphatic carbocycles. The van der Waals surface area contributed by atoms with Crippen LogP contribution in [0.4, 0.5) is 10.5 Å².